The van der Waals surface area contributed by atoms with E-state index in [0.717, 1.165) is 41.8 Å². The van der Waals surface area contributed by atoms with Crippen molar-refractivity contribution in [1.82, 2.24) is 10.6 Å². The lowest BCUT2D eigenvalue weighted by molar-refractivity contribution is -0.122. The number of para-hydroxylation sites is 1. The Morgan fingerprint density at radius 3 is 2.67 bits per heavy atom. The van der Waals surface area contributed by atoms with Crippen LogP contribution in [-0.2, 0) is 4.79 Å². The minimum Gasteiger partial charge on any atom is -0.459 e. The largest absolute Gasteiger partial charge is 0.459 e. The number of furan rings is 1. The molecule has 27 heavy (non-hydrogen) atoms. The smallest absolute Gasteiger partial charge is 0.220 e. The fourth-order valence-electron chi connectivity index (χ4n) is 3.64. The van der Waals surface area contributed by atoms with Crippen molar-refractivity contribution in [3.8, 4) is 0 Å². The molecule has 5 heteroatoms. The van der Waals surface area contributed by atoms with Crippen molar-refractivity contribution in [3.05, 3.63) is 72.0 Å². The van der Waals surface area contributed by atoms with Crippen LogP contribution in [0.5, 0.6) is 0 Å². The molecule has 3 aromatic rings. The van der Waals surface area contributed by atoms with Gasteiger partial charge >= 0.3 is 0 Å². The summed E-state index contributed by atoms with van der Waals surface area (Å²) >= 11 is 0. The third kappa shape index (κ3) is 4.71. The van der Waals surface area contributed by atoms with Crippen LogP contribution < -0.4 is 10.6 Å². The topological polar surface area (TPSA) is 54.3 Å². The quantitative estimate of drug-likeness (QED) is 0.660. The van der Waals surface area contributed by atoms with Crippen LogP contribution in [0.25, 0.3) is 11.0 Å². The van der Waals surface area contributed by atoms with E-state index in [1.165, 1.54) is 6.42 Å². The number of carbonyl (C=O) groups is 1. The Balaban J connectivity index is 0.00000210. The van der Waals surface area contributed by atoms with Gasteiger partial charge in [0.15, 0.2) is 0 Å². The van der Waals surface area contributed by atoms with E-state index in [1.807, 2.05) is 60.7 Å². The maximum Gasteiger partial charge on any atom is 0.220 e. The van der Waals surface area contributed by atoms with Gasteiger partial charge in [-0.15, -0.1) is 12.4 Å². The Kier molecular flexibility index (Phi) is 6.54. The minimum absolute atomic E-state index is 0. The van der Waals surface area contributed by atoms with Crippen molar-refractivity contribution in [2.45, 2.75) is 25.3 Å². The van der Waals surface area contributed by atoms with Crippen molar-refractivity contribution in [3.63, 3.8) is 0 Å². The van der Waals surface area contributed by atoms with Gasteiger partial charge in [-0.1, -0.05) is 48.5 Å². The van der Waals surface area contributed by atoms with Crippen LogP contribution in [0.3, 0.4) is 0 Å². The Morgan fingerprint density at radius 1 is 1.15 bits per heavy atom. The number of benzene rings is 2. The molecule has 4 nitrogen and oxygen atoms in total. The maximum absolute atomic E-state index is 12.6. The van der Waals surface area contributed by atoms with E-state index in [-0.39, 0.29) is 24.4 Å². The summed E-state index contributed by atoms with van der Waals surface area (Å²) in [7, 11) is 0. The fourth-order valence-corrected chi connectivity index (χ4v) is 3.64. The van der Waals surface area contributed by atoms with Crippen LogP contribution in [0.2, 0.25) is 0 Å². The molecule has 1 aliphatic rings. The molecule has 0 bridgehead atoms. The van der Waals surface area contributed by atoms with Gasteiger partial charge in [0, 0.05) is 11.8 Å². The van der Waals surface area contributed by atoms with Crippen molar-refractivity contribution in [1.29, 1.82) is 0 Å². The van der Waals surface area contributed by atoms with Crippen LogP contribution >= 0.6 is 12.4 Å². The summed E-state index contributed by atoms with van der Waals surface area (Å²) < 4.78 is 6.04. The second kappa shape index (κ2) is 9.07. The van der Waals surface area contributed by atoms with Gasteiger partial charge in [-0.3, -0.25) is 4.79 Å². The first-order chi connectivity index (χ1) is 12.8. The summed E-state index contributed by atoms with van der Waals surface area (Å²) in [5.74, 6) is 1.46. The van der Waals surface area contributed by atoms with Gasteiger partial charge in [0.2, 0.25) is 5.91 Å². The second-order valence-electron chi connectivity index (χ2n) is 7.00. The van der Waals surface area contributed by atoms with E-state index < -0.39 is 0 Å². The molecule has 0 saturated carbocycles. The summed E-state index contributed by atoms with van der Waals surface area (Å²) in [5.41, 5.74) is 1.87. The highest BCUT2D eigenvalue weighted by Crippen LogP contribution is 2.28. The molecule has 2 unspecified atom stereocenters. The lowest BCUT2D eigenvalue weighted by Crippen LogP contribution is -2.29. The van der Waals surface area contributed by atoms with Gasteiger partial charge < -0.3 is 15.1 Å². The molecular formula is C22H25ClN2O2. The lowest BCUT2D eigenvalue weighted by Gasteiger charge is -2.18. The van der Waals surface area contributed by atoms with Crippen LogP contribution in [0, 0.1) is 5.92 Å². The zero-order valence-corrected chi connectivity index (χ0v) is 16.0. The highest BCUT2D eigenvalue weighted by Gasteiger charge is 2.22. The number of hydrogen-bond donors (Lipinski definition) is 2. The standard InChI is InChI=1S/C22H24N2O2.ClH/c25-21(11-10-16-12-13-23-15-16)24-22(17-6-2-1-3-7-17)20-14-18-8-4-5-9-19(18)26-20;/h1-9,14,16,22-23H,10-13,15H2,(H,24,25);1H. The van der Waals surface area contributed by atoms with Crippen molar-refractivity contribution in [2.75, 3.05) is 13.1 Å². The summed E-state index contributed by atoms with van der Waals surface area (Å²) in [6.07, 6.45) is 2.65. The first kappa shape index (κ1) is 19.5. The first-order valence-electron chi connectivity index (χ1n) is 9.33. The Labute approximate surface area is 165 Å². The van der Waals surface area contributed by atoms with Gasteiger partial charge in [0.25, 0.3) is 0 Å². The zero-order valence-electron chi connectivity index (χ0n) is 15.2. The molecule has 0 radical (unpaired) electrons. The monoisotopic (exact) mass is 384 g/mol. The molecule has 1 saturated heterocycles. The molecule has 1 fully saturated rings. The predicted molar refractivity (Wildman–Crippen MR) is 110 cm³/mol. The molecule has 2 heterocycles. The maximum atomic E-state index is 12.6. The van der Waals surface area contributed by atoms with Crippen LogP contribution in [-0.4, -0.2) is 19.0 Å². The third-order valence-electron chi connectivity index (χ3n) is 5.11. The van der Waals surface area contributed by atoms with Gasteiger partial charge in [-0.2, -0.15) is 0 Å². The highest BCUT2D eigenvalue weighted by molar-refractivity contribution is 5.85. The van der Waals surface area contributed by atoms with E-state index >= 15 is 0 Å². The van der Waals surface area contributed by atoms with Crippen LogP contribution in [0.15, 0.2) is 65.1 Å². The molecule has 142 valence electrons. The van der Waals surface area contributed by atoms with Gasteiger partial charge in [-0.25, -0.2) is 0 Å². The zero-order chi connectivity index (χ0) is 17.8. The van der Waals surface area contributed by atoms with E-state index in [9.17, 15) is 4.79 Å². The number of halogens is 1. The summed E-state index contributed by atoms with van der Waals surface area (Å²) in [5, 5.41) is 7.59. The number of fused-ring (bicyclic) bond motifs is 1. The SMILES string of the molecule is Cl.O=C(CCC1CCNC1)NC(c1ccccc1)c1cc2ccccc2o1. The van der Waals surface area contributed by atoms with Crippen molar-refractivity contribution < 1.29 is 9.21 Å². The average molecular weight is 385 g/mol. The number of nitrogens with one attached hydrogen (secondary N) is 2. The van der Waals surface area contributed by atoms with E-state index in [0.29, 0.717) is 12.3 Å². The predicted octanol–water partition coefficient (Wildman–Crippen LogP) is 4.45. The summed E-state index contributed by atoms with van der Waals surface area (Å²) in [6.45, 7) is 2.09. The molecule has 4 rings (SSSR count). The molecule has 0 spiro atoms. The van der Waals surface area contributed by atoms with E-state index in [2.05, 4.69) is 10.6 Å². The third-order valence-corrected chi connectivity index (χ3v) is 5.11. The van der Waals surface area contributed by atoms with E-state index in [4.69, 9.17) is 4.42 Å². The minimum atomic E-state index is -0.266. The van der Waals surface area contributed by atoms with Gasteiger partial charge in [0.05, 0.1) is 0 Å². The molecule has 1 aliphatic heterocycles. The summed E-state index contributed by atoms with van der Waals surface area (Å²) in [6, 6.07) is 19.7. The highest BCUT2D eigenvalue weighted by atomic mass is 35.5. The Morgan fingerprint density at radius 2 is 1.93 bits per heavy atom. The number of rotatable bonds is 6. The molecular weight excluding hydrogens is 360 g/mol. The van der Waals surface area contributed by atoms with Crippen molar-refractivity contribution in [2.24, 2.45) is 5.92 Å². The Hall–Kier alpha value is -2.30. The molecule has 1 amide bonds. The number of carbonyl (C=O) groups excluding carboxylic acids is 1. The van der Waals surface area contributed by atoms with Crippen LogP contribution in [0.4, 0.5) is 0 Å². The number of amides is 1. The van der Waals surface area contributed by atoms with Crippen molar-refractivity contribution >= 4 is 29.3 Å². The molecule has 2 aromatic carbocycles. The normalized spacial score (nSPS) is 17.4. The van der Waals surface area contributed by atoms with E-state index in [1.54, 1.807) is 0 Å². The molecule has 1 aromatic heterocycles. The molecule has 2 atom stereocenters. The Bertz CT molecular complexity index is 839. The summed E-state index contributed by atoms with van der Waals surface area (Å²) in [4.78, 5) is 12.6. The fraction of sp³-hybridized carbons (Fsp3) is 0.318. The van der Waals surface area contributed by atoms with Crippen LogP contribution in [0.1, 0.15) is 36.6 Å². The van der Waals surface area contributed by atoms with Gasteiger partial charge in [0.1, 0.15) is 17.4 Å². The molecule has 2 N–H and O–H groups in total. The average Bonchev–Trinajstić information content (AvgIpc) is 3.34. The second-order valence-corrected chi connectivity index (χ2v) is 7.00. The van der Waals surface area contributed by atoms with Gasteiger partial charge in [-0.05, 0) is 49.5 Å². The number of hydrogen-bond acceptors (Lipinski definition) is 3. The molecule has 0 aliphatic carbocycles. The first-order valence-corrected chi connectivity index (χ1v) is 9.33. The lowest BCUT2D eigenvalue weighted by atomic mass is 10.0.